The van der Waals surface area contributed by atoms with E-state index >= 15 is 0 Å². The first-order valence-corrected chi connectivity index (χ1v) is 5.84. The van der Waals surface area contributed by atoms with Crippen LogP contribution < -0.4 is 0 Å². The third-order valence-electron chi connectivity index (χ3n) is 2.95. The van der Waals surface area contributed by atoms with Crippen LogP contribution in [0, 0.1) is 0 Å². The molecule has 0 fully saturated rings. The van der Waals surface area contributed by atoms with E-state index in [9.17, 15) is 15.3 Å². The van der Waals surface area contributed by atoms with Crippen LogP contribution in [0.4, 0.5) is 0 Å². The molecule has 0 unspecified atom stereocenters. The van der Waals surface area contributed by atoms with Crippen molar-refractivity contribution in [3.63, 3.8) is 0 Å². The van der Waals surface area contributed by atoms with E-state index < -0.39 is 0 Å². The summed E-state index contributed by atoms with van der Waals surface area (Å²) < 4.78 is 0. The first-order chi connectivity index (χ1) is 8.49. The Morgan fingerprint density at radius 3 is 1.78 bits per heavy atom. The molecule has 0 aliphatic heterocycles. The monoisotopic (exact) mass is 244 g/mol. The zero-order valence-corrected chi connectivity index (χ0v) is 10.4. The average molecular weight is 244 g/mol. The topological polar surface area (TPSA) is 60.7 Å². The Balaban J connectivity index is 2.49. The van der Waals surface area contributed by atoms with Gasteiger partial charge in [-0.3, -0.25) is 0 Å². The second kappa shape index (κ2) is 4.61. The molecule has 2 aromatic carbocycles. The summed E-state index contributed by atoms with van der Waals surface area (Å²) in [5.74, 6) is 0.00297. The van der Waals surface area contributed by atoms with E-state index in [-0.39, 0.29) is 17.2 Å². The highest BCUT2D eigenvalue weighted by Gasteiger charge is 2.12. The van der Waals surface area contributed by atoms with Gasteiger partial charge in [0.2, 0.25) is 0 Å². The van der Waals surface area contributed by atoms with E-state index in [2.05, 4.69) is 13.8 Å². The lowest BCUT2D eigenvalue weighted by Crippen LogP contribution is -1.87. The van der Waals surface area contributed by atoms with E-state index in [1.807, 2.05) is 24.3 Å². The number of hydrogen-bond donors (Lipinski definition) is 3. The highest BCUT2D eigenvalue weighted by atomic mass is 16.3. The largest absolute Gasteiger partial charge is 0.508 e. The van der Waals surface area contributed by atoms with Crippen LogP contribution in [0.2, 0.25) is 0 Å². The van der Waals surface area contributed by atoms with Crippen molar-refractivity contribution in [3.8, 4) is 28.4 Å². The summed E-state index contributed by atoms with van der Waals surface area (Å²) in [6.45, 7) is 4.20. The molecule has 0 saturated heterocycles. The molecule has 2 rings (SSSR count). The van der Waals surface area contributed by atoms with Crippen LogP contribution in [0.5, 0.6) is 17.2 Å². The van der Waals surface area contributed by atoms with Crippen molar-refractivity contribution in [1.29, 1.82) is 0 Å². The summed E-state index contributed by atoms with van der Waals surface area (Å²) in [5, 5.41) is 28.8. The smallest absolute Gasteiger partial charge is 0.130 e. The van der Waals surface area contributed by atoms with E-state index in [0.717, 1.165) is 5.56 Å². The minimum atomic E-state index is -0.160. The van der Waals surface area contributed by atoms with Gasteiger partial charge in [0.25, 0.3) is 0 Å². The number of aromatic hydroxyl groups is 3. The normalized spacial score (nSPS) is 10.8. The third kappa shape index (κ3) is 2.25. The minimum absolute atomic E-state index is 0.134. The average Bonchev–Trinajstić information content (AvgIpc) is 2.28. The van der Waals surface area contributed by atoms with Crippen LogP contribution in [0.3, 0.4) is 0 Å². The summed E-state index contributed by atoms with van der Waals surface area (Å²) in [6.07, 6.45) is 0. The molecule has 0 saturated carbocycles. The van der Waals surface area contributed by atoms with Gasteiger partial charge in [0.05, 0.1) is 5.56 Å². The van der Waals surface area contributed by atoms with E-state index in [0.29, 0.717) is 11.5 Å². The predicted octanol–water partition coefficient (Wildman–Crippen LogP) is 3.59. The van der Waals surface area contributed by atoms with Gasteiger partial charge in [0, 0.05) is 12.1 Å². The number of benzene rings is 2. The Kier molecular flexibility index (Phi) is 3.15. The first-order valence-electron chi connectivity index (χ1n) is 5.84. The number of phenols is 3. The van der Waals surface area contributed by atoms with E-state index in [1.54, 1.807) is 0 Å². The molecule has 3 N–H and O–H groups in total. The van der Waals surface area contributed by atoms with Crippen LogP contribution in [0.25, 0.3) is 11.1 Å². The highest BCUT2D eigenvalue weighted by molar-refractivity contribution is 5.77. The van der Waals surface area contributed by atoms with Crippen LogP contribution in [0.15, 0.2) is 36.4 Å². The van der Waals surface area contributed by atoms with Gasteiger partial charge in [0.1, 0.15) is 17.2 Å². The second-order valence-corrected chi connectivity index (χ2v) is 4.64. The maximum Gasteiger partial charge on any atom is 0.130 e. The van der Waals surface area contributed by atoms with Crippen LogP contribution >= 0.6 is 0 Å². The van der Waals surface area contributed by atoms with Crippen molar-refractivity contribution in [2.45, 2.75) is 19.8 Å². The molecule has 3 nitrogen and oxygen atoms in total. The standard InChI is InChI=1S/C15H16O3/c1-9(2)10-3-5-11(6-4-10)15-13(17)7-12(16)8-14(15)18/h3-9,16-18H,1-2H3. The summed E-state index contributed by atoms with van der Waals surface area (Å²) in [4.78, 5) is 0. The van der Waals surface area contributed by atoms with E-state index in [1.165, 1.54) is 17.7 Å². The van der Waals surface area contributed by atoms with Gasteiger partial charge >= 0.3 is 0 Å². The summed E-state index contributed by atoms with van der Waals surface area (Å²) in [6, 6.07) is 10.1. The molecule has 18 heavy (non-hydrogen) atoms. The zero-order chi connectivity index (χ0) is 13.3. The van der Waals surface area contributed by atoms with Crippen molar-refractivity contribution < 1.29 is 15.3 Å². The van der Waals surface area contributed by atoms with Crippen molar-refractivity contribution in [1.82, 2.24) is 0 Å². The molecule has 2 aromatic rings. The molecule has 0 amide bonds. The molecular weight excluding hydrogens is 228 g/mol. The Bertz CT molecular complexity index is 533. The van der Waals surface area contributed by atoms with Crippen LogP contribution in [-0.4, -0.2) is 15.3 Å². The van der Waals surface area contributed by atoms with Gasteiger partial charge in [-0.05, 0) is 17.0 Å². The molecular formula is C15H16O3. The Morgan fingerprint density at radius 2 is 1.33 bits per heavy atom. The molecule has 0 bridgehead atoms. The van der Waals surface area contributed by atoms with E-state index in [4.69, 9.17) is 0 Å². The maximum absolute atomic E-state index is 9.78. The molecule has 0 aliphatic carbocycles. The molecule has 0 aliphatic rings. The zero-order valence-electron chi connectivity index (χ0n) is 10.4. The van der Waals surface area contributed by atoms with Crippen molar-refractivity contribution >= 4 is 0 Å². The lowest BCUT2D eigenvalue weighted by molar-refractivity contribution is 0.430. The van der Waals surface area contributed by atoms with Gasteiger partial charge < -0.3 is 15.3 Å². The van der Waals surface area contributed by atoms with Crippen LogP contribution in [0.1, 0.15) is 25.3 Å². The molecule has 0 spiro atoms. The predicted molar refractivity (Wildman–Crippen MR) is 71.0 cm³/mol. The second-order valence-electron chi connectivity index (χ2n) is 4.64. The summed E-state index contributed by atoms with van der Waals surface area (Å²) in [5.41, 5.74) is 2.24. The molecule has 0 radical (unpaired) electrons. The fourth-order valence-corrected chi connectivity index (χ4v) is 1.93. The highest BCUT2D eigenvalue weighted by Crippen LogP contribution is 2.40. The van der Waals surface area contributed by atoms with Gasteiger partial charge in [-0.25, -0.2) is 0 Å². The quantitative estimate of drug-likeness (QED) is 0.756. The van der Waals surface area contributed by atoms with Crippen molar-refractivity contribution in [2.75, 3.05) is 0 Å². The summed E-state index contributed by atoms with van der Waals surface area (Å²) >= 11 is 0. The SMILES string of the molecule is CC(C)c1ccc(-c2c(O)cc(O)cc2O)cc1. The van der Waals surface area contributed by atoms with Crippen molar-refractivity contribution in [2.24, 2.45) is 0 Å². The minimum Gasteiger partial charge on any atom is -0.508 e. The van der Waals surface area contributed by atoms with Gasteiger partial charge in [-0.1, -0.05) is 38.1 Å². The number of hydrogen-bond acceptors (Lipinski definition) is 3. The lowest BCUT2D eigenvalue weighted by Gasteiger charge is -2.10. The van der Waals surface area contributed by atoms with Gasteiger partial charge in [-0.15, -0.1) is 0 Å². The number of phenolic OH excluding ortho intramolecular Hbond substituents is 3. The van der Waals surface area contributed by atoms with Crippen LogP contribution in [-0.2, 0) is 0 Å². The van der Waals surface area contributed by atoms with Crippen molar-refractivity contribution in [3.05, 3.63) is 42.0 Å². The molecule has 3 heteroatoms. The Hall–Kier alpha value is -2.16. The molecule has 0 aromatic heterocycles. The van der Waals surface area contributed by atoms with Gasteiger partial charge in [-0.2, -0.15) is 0 Å². The maximum atomic E-state index is 9.78. The Morgan fingerprint density at radius 1 is 0.833 bits per heavy atom. The molecule has 0 heterocycles. The lowest BCUT2D eigenvalue weighted by atomic mass is 9.98. The Labute approximate surface area is 106 Å². The fourth-order valence-electron chi connectivity index (χ4n) is 1.93. The summed E-state index contributed by atoms with van der Waals surface area (Å²) in [7, 11) is 0. The fraction of sp³-hybridized carbons (Fsp3) is 0.200. The first kappa shape index (κ1) is 12.3. The third-order valence-corrected chi connectivity index (χ3v) is 2.95. The number of rotatable bonds is 2. The molecule has 0 atom stereocenters. The van der Waals surface area contributed by atoms with Gasteiger partial charge in [0.15, 0.2) is 0 Å². The molecule has 94 valence electrons.